The summed E-state index contributed by atoms with van der Waals surface area (Å²) >= 11 is 2.54. The molecule has 0 bridgehead atoms. The zero-order valence-electron chi connectivity index (χ0n) is 19.5. The Labute approximate surface area is 227 Å². The molecule has 2 saturated heterocycles. The smallest absolute Gasteiger partial charge is 1.00 e. The number of amides is 3. The van der Waals surface area contributed by atoms with E-state index in [1.54, 1.807) is 24.5 Å². The second-order valence-electron chi connectivity index (χ2n) is 8.10. The van der Waals surface area contributed by atoms with Crippen LogP contribution in [-0.2, 0) is 19.2 Å². The Balaban J connectivity index is 0.00000171. The van der Waals surface area contributed by atoms with Gasteiger partial charge in [0.1, 0.15) is 17.1 Å². The number of aromatic nitrogens is 2. The van der Waals surface area contributed by atoms with E-state index in [4.69, 9.17) is 0 Å². The molecule has 1 aromatic rings. The number of nitrogens with one attached hydrogen (secondary N) is 1. The van der Waals surface area contributed by atoms with Gasteiger partial charge in [-0.3, -0.25) is 19.3 Å². The van der Waals surface area contributed by atoms with Crippen LogP contribution in [0.15, 0.2) is 46.5 Å². The maximum absolute atomic E-state index is 12.8. The van der Waals surface area contributed by atoms with Gasteiger partial charge >= 0.3 is 35.5 Å². The number of allylic oxidation sites excluding steroid dienone is 1. The molecule has 0 spiro atoms. The van der Waals surface area contributed by atoms with Crippen molar-refractivity contribution >= 4 is 47.2 Å². The zero-order chi connectivity index (χ0) is 23.1. The molecule has 174 valence electrons. The van der Waals surface area contributed by atoms with E-state index in [1.807, 2.05) is 4.90 Å². The largest absolute Gasteiger partial charge is 1.00 e. The van der Waals surface area contributed by atoms with Crippen molar-refractivity contribution < 1.29 is 55.3 Å². The van der Waals surface area contributed by atoms with Crippen LogP contribution in [0.3, 0.4) is 0 Å². The van der Waals surface area contributed by atoms with Crippen molar-refractivity contribution in [3.8, 4) is 0 Å². The van der Waals surface area contributed by atoms with Gasteiger partial charge in [0.25, 0.3) is 5.91 Å². The third-order valence-corrected chi connectivity index (χ3v) is 8.06. The minimum Gasteiger partial charge on any atom is -1.00 e. The average Bonchev–Trinajstić information content (AvgIpc) is 3.59. The minimum atomic E-state index is -1.22. The van der Waals surface area contributed by atoms with Crippen LogP contribution < -0.4 is 34.9 Å². The number of fused-ring (bicyclic) bond motifs is 1. The van der Waals surface area contributed by atoms with Crippen molar-refractivity contribution in [1.82, 2.24) is 25.1 Å². The number of hydrogen-bond donors (Lipinski definition) is 2. The predicted molar refractivity (Wildman–Crippen MR) is 121 cm³/mol. The molecule has 13 heteroatoms. The monoisotopic (exact) mass is 511 g/mol. The van der Waals surface area contributed by atoms with Crippen LogP contribution in [0.5, 0.6) is 0 Å². The molecule has 10 nitrogen and oxygen atoms in total. The van der Waals surface area contributed by atoms with Crippen LogP contribution in [-0.4, -0.2) is 84.1 Å². The fourth-order valence-corrected chi connectivity index (χ4v) is 6.09. The number of rotatable bonds is 7. The molecule has 34 heavy (non-hydrogen) atoms. The van der Waals surface area contributed by atoms with E-state index in [0.717, 1.165) is 24.6 Å². The Kier molecular flexibility index (Phi) is 7.72. The summed E-state index contributed by atoms with van der Waals surface area (Å²) in [7, 11) is 0. The number of likely N-dealkylation sites (tertiary alicyclic amines) is 1. The Morgan fingerprint density at radius 3 is 2.71 bits per heavy atom. The molecule has 5 rings (SSSR count). The fourth-order valence-electron chi connectivity index (χ4n) is 4.17. The van der Waals surface area contributed by atoms with Gasteiger partial charge in [-0.25, -0.2) is 14.8 Å². The molecule has 3 aliphatic heterocycles. The first-order valence-corrected chi connectivity index (χ1v) is 12.6. The maximum atomic E-state index is 12.8. The Bertz CT molecular complexity index is 1100. The Morgan fingerprint density at radius 1 is 1.29 bits per heavy atom. The molecule has 2 atom stereocenters. The third-order valence-electron chi connectivity index (χ3n) is 5.89. The summed E-state index contributed by atoms with van der Waals surface area (Å²) in [5.74, 6) is -1.68. The van der Waals surface area contributed by atoms with Crippen molar-refractivity contribution in [2.75, 3.05) is 18.1 Å². The van der Waals surface area contributed by atoms with Crippen molar-refractivity contribution in [3.63, 3.8) is 0 Å². The molecule has 2 N–H and O–H groups in total. The quantitative estimate of drug-likeness (QED) is 0.137. The van der Waals surface area contributed by atoms with Gasteiger partial charge in [0.15, 0.2) is 5.16 Å². The van der Waals surface area contributed by atoms with Gasteiger partial charge in [-0.2, -0.15) is 0 Å². The Hall–Kier alpha value is -1.86. The fraction of sp³-hybridized carbons (Fsp3) is 0.429. The summed E-state index contributed by atoms with van der Waals surface area (Å²) in [6.45, 7) is 0.656. The topological polar surface area (TPSA) is 133 Å². The second kappa shape index (κ2) is 10.4. The van der Waals surface area contributed by atoms with Crippen LogP contribution in [0, 0.1) is 0 Å². The van der Waals surface area contributed by atoms with Crippen molar-refractivity contribution in [1.29, 1.82) is 0 Å². The molecule has 4 aliphatic rings. The average molecular weight is 512 g/mol. The molecule has 0 aromatic carbocycles. The number of β-lactam (4-membered cyclic amide) rings is 1. The van der Waals surface area contributed by atoms with E-state index in [1.165, 1.54) is 16.7 Å². The third kappa shape index (κ3) is 4.92. The van der Waals surface area contributed by atoms with Crippen LogP contribution >= 0.6 is 23.5 Å². The first-order valence-electron chi connectivity index (χ1n) is 10.6. The summed E-state index contributed by atoms with van der Waals surface area (Å²) in [5, 5.41) is 12.5. The number of carbonyl (C=O) groups excluding carboxylic acids is 3. The second-order valence-corrected chi connectivity index (χ2v) is 10.2. The molecule has 1 aliphatic carbocycles. The van der Waals surface area contributed by atoms with E-state index in [0.29, 0.717) is 41.1 Å². The number of aliphatic carboxylic acids is 1. The van der Waals surface area contributed by atoms with Gasteiger partial charge in [-0.05, 0) is 37.0 Å². The van der Waals surface area contributed by atoms with E-state index in [-0.39, 0.29) is 54.2 Å². The molecule has 4 heterocycles. The zero-order valence-corrected chi connectivity index (χ0v) is 22.1. The molecular weight excluding hydrogens is 489 g/mol. The van der Waals surface area contributed by atoms with Crippen LogP contribution in [0.25, 0.3) is 0 Å². The molecule has 1 aromatic heterocycles. The van der Waals surface area contributed by atoms with E-state index in [2.05, 4.69) is 15.3 Å². The number of thioether (sulfide) groups is 2. The molecule has 0 radical (unpaired) electrons. The number of carboxylic acid groups (broad SMARTS) is 1. The molecule has 1 saturated carbocycles. The number of hydrogen-bond acceptors (Lipinski definition) is 8. The first-order chi connectivity index (χ1) is 15.9. The summed E-state index contributed by atoms with van der Waals surface area (Å²) < 4.78 is 0. The minimum absolute atomic E-state index is 0. The van der Waals surface area contributed by atoms with Crippen LogP contribution in [0.4, 0.5) is 0 Å². The summed E-state index contributed by atoms with van der Waals surface area (Å²) in [4.78, 5) is 60.9. The van der Waals surface area contributed by atoms with E-state index < -0.39 is 23.3 Å². The standard InChI is InChI=1S/C21H21N5O5S2.Na.H/c27-14(10-33-21-22-5-1-6-23-21)24-15-18(29)26-16(20(30)31)12(9-32-19(15)26)8-11-4-7-25(17(11)28)13-2-3-13;;/h1,5-6,8,13,15,19H,2-4,7,9-10H2,(H,24,27)(H,30,31);;/q;+1;-1/b11-8+;;/t15-,19-;;/m1../s1. The van der Waals surface area contributed by atoms with E-state index in [9.17, 15) is 24.3 Å². The van der Waals surface area contributed by atoms with Gasteiger partial charge in [-0.15, -0.1) is 11.8 Å². The molecular formula is C21H22N5NaO5S2. The molecule has 3 amide bonds. The van der Waals surface area contributed by atoms with Crippen molar-refractivity contribution in [2.24, 2.45) is 0 Å². The SMILES string of the molecule is O=C(CSc1ncccn1)N[C@@H]1C(=O)N2C(C(=O)O)=C(/C=C3\CCN(C4CC4)C3=O)CS[C@H]12.[H-].[Na+]. The maximum Gasteiger partial charge on any atom is 1.00 e. The van der Waals surface area contributed by atoms with Crippen molar-refractivity contribution in [2.45, 2.75) is 41.9 Å². The number of nitrogens with zero attached hydrogens (tertiary/aromatic N) is 4. The summed E-state index contributed by atoms with van der Waals surface area (Å²) in [6, 6.07) is 1.20. The van der Waals surface area contributed by atoms with Crippen LogP contribution in [0.2, 0.25) is 0 Å². The molecule has 3 fully saturated rings. The number of carboxylic acids is 1. The van der Waals surface area contributed by atoms with Gasteiger partial charge in [0, 0.05) is 36.3 Å². The number of carbonyl (C=O) groups is 4. The van der Waals surface area contributed by atoms with Gasteiger partial charge in [0.2, 0.25) is 11.8 Å². The van der Waals surface area contributed by atoms with Gasteiger partial charge in [0.05, 0.1) is 5.75 Å². The van der Waals surface area contributed by atoms with Crippen LogP contribution in [0.1, 0.15) is 20.7 Å². The van der Waals surface area contributed by atoms with Gasteiger partial charge < -0.3 is 16.7 Å². The summed E-state index contributed by atoms with van der Waals surface area (Å²) in [6.07, 6.45) is 7.42. The van der Waals surface area contributed by atoms with Crippen molar-refractivity contribution in [3.05, 3.63) is 41.4 Å². The van der Waals surface area contributed by atoms with Gasteiger partial charge in [-0.1, -0.05) is 11.8 Å². The Morgan fingerprint density at radius 2 is 2.03 bits per heavy atom. The predicted octanol–water partition coefficient (Wildman–Crippen LogP) is -2.26. The first kappa shape index (κ1) is 25.2. The van der Waals surface area contributed by atoms with E-state index >= 15 is 0 Å². The normalized spacial score (nSPS) is 25.1. The molecule has 0 unspecified atom stereocenters. The summed E-state index contributed by atoms with van der Waals surface area (Å²) in [5.41, 5.74) is 0.943.